The van der Waals surface area contributed by atoms with E-state index in [4.69, 9.17) is 16.3 Å². The van der Waals surface area contributed by atoms with Crippen LogP contribution in [0.5, 0.6) is 0 Å². The number of methoxy groups -OCH3 is 1. The van der Waals surface area contributed by atoms with E-state index < -0.39 is 0 Å². The summed E-state index contributed by atoms with van der Waals surface area (Å²) in [6, 6.07) is 0. The lowest BCUT2D eigenvalue weighted by molar-refractivity contribution is -0.0116. The third-order valence-electron chi connectivity index (χ3n) is 2.71. The maximum atomic E-state index is 5.64. The van der Waals surface area contributed by atoms with Crippen molar-refractivity contribution in [2.24, 2.45) is 0 Å². The molecular formula is C9H17ClO. The number of hydrogen-bond acceptors (Lipinski definition) is 1. The predicted molar refractivity (Wildman–Crippen MR) is 48.2 cm³/mol. The van der Waals surface area contributed by atoms with Crippen molar-refractivity contribution in [1.82, 2.24) is 0 Å². The molecule has 0 heterocycles. The molecule has 0 aromatic rings. The number of ether oxygens (including phenoxy) is 1. The Morgan fingerprint density at radius 2 is 2.00 bits per heavy atom. The molecule has 11 heavy (non-hydrogen) atoms. The summed E-state index contributed by atoms with van der Waals surface area (Å²) in [7, 11) is 1.83. The monoisotopic (exact) mass is 176 g/mol. The summed E-state index contributed by atoms with van der Waals surface area (Å²) in [5.74, 6) is 0.769. The summed E-state index contributed by atoms with van der Waals surface area (Å²) in [6.07, 6.45) is 7.37. The summed E-state index contributed by atoms with van der Waals surface area (Å²) >= 11 is 5.64. The highest BCUT2D eigenvalue weighted by atomic mass is 35.5. The van der Waals surface area contributed by atoms with Crippen LogP contribution in [0.25, 0.3) is 0 Å². The van der Waals surface area contributed by atoms with Crippen LogP contribution in [-0.2, 0) is 4.74 Å². The first-order valence-electron chi connectivity index (χ1n) is 4.44. The maximum absolute atomic E-state index is 5.64. The molecule has 1 fully saturated rings. The van der Waals surface area contributed by atoms with Crippen molar-refractivity contribution in [3.8, 4) is 0 Å². The average molecular weight is 177 g/mol. The topological polar surface area (TPSA) is 9.23 Å². The van der Waals surface area contributed by atoms with Crippen molar-refractivity contribution in [2.45, 2.75) is 44.1 Å². The molecule has 1 rings (SSSR count). The Hall–Kier alpha value is 0.250. The van der Waals surface area contributed by atoms with Crippen molar-refractivity contribution in [3.05, 3.63) is 0 Å². The number of hydrogen-bond donors (Lipinski definition) is 0. The van der Waals surface area contributed by atoms with Gasteiger partial charge in [0.25, 0.3) is 0 Å². The quantitative estimate of drug-likeness (QED) is 0.599. The van der Waals surface area contributed by atoms with E-state index in [1.165, 1.54) is 25.7 Å². The third kappa shape index (κ3) is 2.34. The van der Waals surface area contributed by atoms with Crippen LogP contribution in [0.1, 0.15) is 38.5 Å². The fourth-order valence-electron chi connectivity index (χ4n) is 1.96. The Bertz CT molecular complexity index is 108. The second-order valence-corrected chi connectivity index (χ2v) is 3.76. The van der Waals surface area contributed by atoms with E-state index in [-0.39, 0.29) is 5.60 Å². The van der Waals surface area contributed by atoms with Gasteiger partial charge in [-0.15, -0.1) is 11.6 Å². The number of alkyl halides is 1. The smallest absolute Gasteiger partial charge is 0.0679 e. The van der Waals surface area contributed by atoms with Gasteiger partial charge in [0.2, 0.25) is 0 Å². The Balaban J connectivity index is 2.33. The molecule has 66 valence electrons. The molecule has 1 saturated carbocycles. The van der Waals surface area contributed by atoms with Crippen LogP contribution < -0.4 is 0 Å². The molecule has 0 spiro atoms. The lowest BCUT2D eigenvalue weighted by Crippen LogP contribution is -2.27. The molecule has 0 atom stereocenters. The minimum Gasteiger partial charge on any atom is -0.378 e. The fourth-order valence-corrected chi connectivity index (χ4v) is 2.10. The lowest BCUT2D eigenvalue weighted by Gasteiger charge is -2.26. The van der Waals surface area contributed by atoms with Gasteiger partial charge in [0.15, 0.2) is 0 Å². The summed E-state index contributed by atoms with van der Waals surface area (Å²) in [4.78, 5) is 0. The molecule has 0 aliphatic heterocycles. The zero-order chi connectivity index (χ0) is 8.16. The highest BCUT2D eigenvalue weighted by Crippen LogP contribution is 2.36. The maximum Gasteiger partial charge on any atom is 0.0679 e. The SMILES string of the molecule is COC1(CCCCl)CCCC1. The van der Waals surface area contributed by atoms with Crippen molar-refractivity contribution in [1.29, 1.82) is 0 Å². The molecular weight excluding hydrogens is 160 g/mol. The standard InChI is InChI=1S/C9H17ClO/c1-11-9(7-4-8-10)5-2-3-6-9/h2-8H2,1H3. The van der Waals surface area contributed by atoms with Crippen molar-refractivity contribution in [3.63, 3.8) is 0 Å². The van der Waals surface area contributed by atoms with E-state index in [0.29, 0.717) is 0 Å². The van der Waals surface area contributed by atoms with E-state index >= 15 is 0 Å². The largest absolute Gasteiger partial charge is 0.378 e. The molecule has 1 aliphatic rings. The molecule has 0 saturated heterocycles. The molecule has 2 heteroatoms. The predicted octanol–water partition coefficient (Wildman–Crippen LogP) is 2.96. The Kier molecular flexibility index (Phi) is 3.67. The van der Waals surface area contributed by atoms with Crippen LogP contribution in [0.2, 0.25) is 0 Å². The van der Waals surface area contributed by atoms with Crippen LogP contribution in [-0.4, -0.2) is 18.6 Å². The number of rotatable bonds is 4. The van der Waals surface area contributed by atoms with Crippen molar-refractivity contribution in [2.75, 3.05) is 13.0 Å². The lowest BCUT2D eigenvalue weighted by atomic mass is 9.96. The molecule has 1 aliphatic carbocycles. The summed E-state index contributed by atoms with van der Waals surface area (Å²) in [6.45, 7) is 0. The van der Waals surface area contributed by atoms with Crippen LogP contribution in [0, 0.1) is 0 Å². The van der Waals surface area contributed by atoms with Crippen molar-refractivity contribution >= 4 is 11.6 Å². The van der Waals surface area contributed by atoms with Gasteiger partial charge in [0.1, 0.15) is 0 Å². The van der Waals surface area contributed by atoms with Gasteiger partial charge in [-0.1, -0.05) is 12.8 Å². The zero-order valence-corrected chi connectivity index (χ0v) is 7.99. The first kappa shape index (κ1) is 9.34. The minimum absolute atomic E-state index is 0.203. The van der Waals surface area contributed by atoms with E-state index in [1.807, 2.05) is 7.11 Å². The Morgan fingerprint density at radius 1 is 1.36 bits per heavy atom. The molecule has 0 N–H and O–H groups in total. The zero-order valence-electron chi connectivity index (χ0n) is 7.24. The summed E-state index contributed by atoms with van der Waals surface area (Å²) in [5.41, 5.74) is 0.203. The van der Waals surface area contributed by atoms with E-state index in [9.17, 15) is 0 Å². The second-order valence-electron chi connectivity index (χ2n) is 3.39. The molecule has 1 nitrogen and oxygen atoms in total. The molecule has 0 aromatic carbocycles. The van der Waals surface area contributed by atoms with Crippen LogP contribution in [0.4, 0.5) is 0 Å². The van der Waals surface area contributed by atoms with Crippen LogP contribution in [0.3, 0.4) is 0 Å². The van der Waals surface area contributed by atoms with E-state index in [0.717, 1.165) is 18.7 Å². The van der Waals surface area contributed by atoms with Gasteiger partial charge in [0, 0.05) is 13.0 Å². The molecule has 0 unspecified atom stereocenters. The fraction of sp³-hybridized carbons (Fsp3) is 1.00. The van der Waals surface area contributed by atoms with Crippen molar-refractivity contribution < 1.29 is 4.74 Å². The third-order valence-corrected chi connectivity index (χ3v) is 2.98. The van der Waals surface area contributed by atoms with Gasteiger partial charge in [0.05, 0.1) is 5.60 Å². The first-order valence-corrected chi connectivity index (χ1v) is 4.97. The van der Waals surface area contributed by atoms with E-state index in [1.54, 1.807) is 0 Å². The van der Waals surface area contributed by atoms with Crippen LogP contribution in [0.15, 0.2) is 0 Å². The first-order chi connectivity index (χ1) is 5.33. The Labute approximate surface area is 74.1 Å². The summed E-state index contributed by atoms with van der Waals surface area (Å²) in [5, 5.41) is 0. The van der Waals surface area contributed by atoms with Gasteiger partial charge in [-0.25, -0.2) is 0 Å². The number of halogens is 1. The molecule has 0 aromatic heterocycles. The summed E-state index contributed by atoms with van der Waals surface area (Å²) < 4.78 is 5.54. The van der Waals surface area contributed by atoms with Gasteiger partial charge < -0.3 is 4.74 Å². The molecule has 0 bridgehead atoms. The van der Waals surface area contributed by atoms with Gasteiger partial charge in [-0.2, -0.15) is 0 Å². The second kappa shape index (κ2) is 4.32. The highest BCUT2D eigenvalue weighted by molar-refractivity contribution is 6.17. The average Bonchev–Trinajstić information content (AvgIpc) is 2.50. The Morgan fingerprint density at radius 3 is 2.45 bits per heavy atom. The highest BCUT2D eigenvalue weighted by Gasteiger charge is 2.32. The van der Waals surface area contributed by atoms with Crippen LogP contribution >= 0.6 is 11.6 Å². The van der Waals surface area contributed by atoms with Gasteiger partial charge >= 0.3 is 0 Å². The van der Waals surface area contributed by atoms with E-state index in [2.05, 4.69) is 0 Å². The minimum atomic E-state index is 0.203. The normalized spacial score (nSPS) is 22.4. The van der Waals surface area contributed by atoms with Gasteiger partial charge in [-0.05, 0) is 25.7 Å². The molecule has 0 radical (unpaired) electrons. The molecule has 0 amide bonds. The van der Waals surface area contributed by atoms with Gasteiger partial charge in [-0.3, -0.25) is 0 Å².